The fourth-order valence-electron chi connectivity index (χ4n) is 3.27. The first-order valence-corrected chi connectivity index (χ1v) is 16.4. The Balaban J connectivity index is 0.000000189. The average molecular weight is 661 g/mol. The Hall–Kier alpha value is -2.85. The van der Waals surface area contributed by atoms with E-state index in [1.54, 1.807) is 18.5 Å². The van der Waals surface area contributed by atoms with Gasteiger partial charge in [-0.25, -0.2) is 24.9 Å². The molecule has 0 saturated carbocycles. The lowest BCUT2D eigenvalue weighted by molar-refractivity contribution is 0.0934. The largest absolute Gasteiger partial charge is 0.343 e. The third-order valence-electron chi connectivity index (χ3n) is 4.93. The molecule has 0 fully saturated rings. The van der Waals surface area contributed by atoms with Crippen molar-refractivity contribution in [2.45, 2.75) is 19.9 Å². The second-order valence-corrected chi connectivity index (χ2v) is 15.1. The molecule has 40 heavy (non-hydrogen) atoms. The first-order chi connectivity index (χ1) is 18.9. The number of aromatic nitrogens is 7. The number of aryl methyl sites for hydroxylation is 1. The number of nitrogens with one attached hydrogen (secondary N) is 1. The van der Waals surface area contributed by atoms with Crippen molar-refractivity contribution in [2.24, 2.45) is 0 Å². The van der Waals surface area contributed by atoms with Crippen LogP contribution in [-0.2, 0) is 4.57 Å². The second-order valence-electron chi connectivity index (χ2n) is 7.75. The van der Waals surface area contributed by atoms with Gasteiger partial charge in [0.05, 0.1) is 22.9 Å². The van der Waals surface area contributed by atoms with Gasteiger partial charge in [-0.15, -0.1) is 0 Å². The Morgan fingerprint density at radius 3 is 2.15 bits per heavy atom. The summed E-state index contributed by atoms with van der Waals surface area (Å²) in [6.45, 7) is 3.82. The van der Waals surface area contributed by atoms with Crippen LogP contribution in [0.3, 0.4) is 0 Å². The zero-order valence-electron chi connectivity index (χ0n) is 20.8. The van der Waals surface area contributed by atoms with Gasteiger partial charge in [-0.05, 0) is 107 Å². The highest BCUT2D eigenvalue weighted by molar-refractivity contribution is 8.24. The Morgan fingerprint density at radius 2 is 1.52 bits per heavy atom. The van der Waals surface area contributed by atoms with Crippen LogP contribution in [0.15, 0.2) is 73.3 Å². The molecule has 5 heterocycles. The summed E-state index contributed by atoms with van der Waals surface area (Å²) in [7, 11) is 0. The minimum absolute atomic E-state index is 0.0492. The number of rotatable bonds is 4. The lowest BCUT2D eigenvalue weighted by Crippen LogP contribution is -2.28. The molecule has 1 N–H and O–H groups in total. The van der Waals surface area contributed by atoms with Gasteiger partial charge in [0.15, 0.2) is 5.82 Å². The van der Waals surface area contributed by atoms with Gasteiger partial charge in [-0.2, -0.15) is 0 Å². The quantitative estimate of drug-likeness (QED) is 0.154. The summed E-state index contributed by atoms with van der Waals surface area (Å²) in [5.74, 6) is 0.472. The zero-order chi connectivity index (χ0) is 29.3. The van der Waals surface area contributed by atoms with Crippen LogP contribution < -0.4 is 5.32 Å². The van der Waals surface area contributed by atoms with Crippen LogP contribution in [0.2, 0.25) is 10.6 Å². The normalized spacial score (nSPS) is 11.5. The number of hydrogen-bond acceptors (Lipinski definition) is 8. The second kappa shape index (κ2) is 14.7. The fourth-order valence-corrected chi connectivity index (χ4v) is 3.57. The SMILES string of the molecule is CC(NC(=O)c1ccnc(Cl)n1)c1ccccn1.Cc1nc(-c2ccnc(Cl)n2)n2ccccc12.O=P(Cl)(Cl)Cl. The molecule has 1 atom stereocenters. The first-order valence-electron chi connectivity index (χ1n) is 11.2. The molecule has 5 aromatic heterocycles. The van der Waals surface area contributed by atoms with Crippen molar-refractivity contribution in [2.75, 3.05) is 0 Å². The van der Waals surface area contributed by atoms with E-state index in [1.165, 1.54) is 12.3 Å². The monoisotopic (exact) mass is 658 g/mol. The van der Waals surface area contributed by atoms with Gasteiger partial charge in [0.25, 0.3) is 5.91 Å². The van der Waals surface area contributed by atoms with Gasteiger partial charge in [-0.3, -0.25) is 18.7 Å². The maximum absolute atomic E-state index is 11.9. The molecule has 0 bridgehead atoms. The molecule has 0 spiro atoms. The van der Waals surface area contributed by atoms with Crippen molar-refractivity contribution in [3.63, 3.8) is 0 Å². The van der Waals surface area contributed by atoms with Gasteiger partial charge in [0.2, 0.25) is 10.6 Å². The number of amides is 1. The van der Waals surface area contributed by atoms with Crippen LogP contribution in [0, 0.1) is 6.92 Å². The number of nitrogens with zero attached hydrogens (tertiary/aromatic N) is 7. The predicted molar refractivity (Wildman–Crippen MR) is 158 cm³/mol. The predicted octanol–water partition coefficient (Wildman–Crippen LogP) is 7.58. The Morgan fingerprint density at radius 1 is 0.875 bits per heavy atom. The molecule has 0 aliphatic carbocycles. The molecule has 0 saturated heterocycles. The average Bonchev–Trinajstić information content (AvgIpc) is 3.25. The van der Waals surface area contributed by atoms with E-state index in [1.807, 2.05) is 60.8 Å². The minimum Gasteiger partial charge on any atom is -0.343 e. The van der Waals surface area contributed by atoms with E-state index in [0.29, 0.717) is 0 Å². The summed E-state index contributed by atoms with van der Waals surface area (Å²) >= 11 is 25.3. The van der Waals surface area contributed by atoms with Crippen molar-refractivity contribution in [1.29, 1.82) is 0 Å². The molecule has 208 valence electrons. The van der Waals surface area contributed by atoms with E-state index in [0.717, 1.165) is 28.4 Å². The van der Waals surface area contributed by atoms with Crippen molar-refractivity contribution in [3.8, 4) is 11.5 Å². The highest BCUT2D eigenvalue weighted by atomic mass is 36.0. The van der Waals surface area contributed by atoms with Crippen molar-refractivity contribution < 1.29 is 9.36 Å². The number of halogens is 5. The molecule has 10 nitrogen and oxygen atoms in total. The summed E-state index contributed by atoms with van der Waals surface area (Å²) in [5, 5.41) is -0.154. The summed E-state index contributed by atoms with van der Waals surface area (Å²) in [6, 6.07) is 14.6. The number of fused-ring (bicyclic) bond motifs is 1. The minimum atomic E-state index is -3.22. The third-order valence-corrected chi connectivity index (χ3v) is 5.29. The maximum Gasteiger partial charge on any atom is 0.339 e. The Bertz CT molecular complexity index is 1630. The topological polar surface area (TPSA) is 128 Å². The number of imidazole rings is 1. The standard InChI is InChI=1S/C12H11ClN4O.C12H9ClN4.Cl3OP/c1-8(9-4-2-3-6-14-9)16-11(18)10-5-7-15-12(13)17-10;1-8-10-4-2-3-7-17(10)11(15-8)9-5-6-14-12(13)16-9;1-5(2,3)4/h2-8H,1H3,(H,16,18);2-7H,1H3;. The highest BCUT2D eigenvalue weighted by Gasteiger charge is 2.14. The van der Waals surface area contributed by atoms with Crippen molar-refractivity contribution >= 4 is 73.5 Å². The van der Waals surface area contributed by atoms with Crippen LogP contribution in [0.4, 0.5) is 0 Å². The van der Waals surface area contributed by atoms with Crippen LogP contribution in [0.5, 0.6) is 0 Å². The number of pyridine rings is 2. The van der Waals surface area contributed by atoms with Gasteiger partial charge >= 0.3 is 5.20 Å². The van der Waals surface area contributed by atoms with Gasteiger partial charge < -0.3 is 5.32 Å². The third kappa shape index (κ3) is 9.96. The summed E-state index contributed by atoms with van der Waals surface area (Å²) in [4.78, 5) is 36.2. The van der Waals surface area contributed by atoms with E-state index < -0.39 is 5.20 Å². The molecule has 0 aliphatic heterocycles. The van der Waals surface area contributed by atoms with Gasteiger partial charge in [0.1, 0.15) is 11.4 Å². The molecule has 1 amide bonds. The van der Waals surface area contributed by atoms with E-state index in [-0.39, 0.29) is 28.2 Å². The smallest absolute Gasteiger partial charge is 0.339 e. The fraction of sp³-hybridized carbons (Fsp3) is 0.125. The lowest BCUT2D eigenvalue weighted by atomic mass is 10.2. The number of hydrogen-bond donors (Lipinski definition) is 1. The van der Waals surface area contributed by atoms with E-state index in [9.17, 15) is 9.36 Å². The molecule has 5 rings (SSSR count). The highest BCUT2D eigenvalue weighted by Crippen LogP contribution is 2.61. The number of carbonyl (C=O) groups is 1. The van der Waals surface area contributed by atoms with E-state index in [4.69, 9.17) is 23.2 Å². The van der Waals surface area contributed by atoms with E-state index in [2.05, 4.69) is 68.9 Å². The van der Waals surface area contributed by atoms with Crippen molar-refractivity contribution in [3.05, 3.63) is 101 Å². The zero-order valence-corrected chi connectivity index (χ0v) is 25.5. The Kier molecular flexibility index (Phi) is 11.6. The first kappa shape index (κ1) is 31.7. The maximum atomic E-state index is 11.9. The molecular formula is C24H20Cl5N8O2P. The molecule has 1 unspecified atom stereocenters. The van der Waals surface area contributed by atoms with Gasteiger partial charge in [-0.1, -0.05) is 12.1 Å². The molecule has 0 aromatic carbocycles. The van der Waals surface area contributed by atoms with Crippen LogP contribution in [0.1, 0.15) is 34.8 Å². The molecule has 0 aliphatic rings. The summed E-state index contributed by atoms with van der Waals surface area (Å²) in [6.07, 6.45) is 6.71. The summed E-state index contributed by atoms with van der Waals surface area (Å²) < 4.78 is 11.5. The van der Waals surface area contributed by atoms with Crippen LogP contribution in [-0.4, -0.2) is 40.2 Å². The molecule has 16 heteroatoms. The molecule has 0 radical (unpaired) electrons. The molecular weight excluding hydrogens is 641 g/mol. The van der Waals surface area contributed by atoms with Crippen LogP contribution >= 0.6 is 62.1 Å². The van der Waals surface area contributed by atoms with E-state index >= 15 is 0 Å². The Labute approximate surface area is 253 Å². The van der Waals surface area contributed by atoms with Crippen LogP contribution in [0.25, 0.3) is 17.0 Å². The van der Waals surface area contributed by atoms with Gasteiger partial charge in [0, 0.05) is 24.8 Å². The number of carbonyl (C=O) groups excluding carboxylic acids is 1. The van der Waals surface area contributed by atoms with Crippen molar-refractivity contribution in [1.82, 2.24) is 39.6 Å². The summed E-state index contributed by atoms with van der Waals surface area (Å²) in [5.41, 5.74) is 3.77. The molecule has 5 aromatic rings. The lowest BCUT2D eigenvalue weighted by Gasteiger charge is -2.12.